The van der Waals surface area contributed by atoms with E-state index in [1.54, 1.807) is 0 Å². The molecule has 0 N–H and O–H groups in total. The summed E-state index contributed by atoms with van der Waals surface area (Å²) < 4.78 is 20.9. The standard InChI is InChI=1S/C3H3Cl3F2/c4-2(7)1-3(5,6)8/h2H,1H2. The number of hydrogen-bond donors (Lipinski definition) is 0. The van der Waals surface area contributed by atoms with Crippen LogP contribution in [-0.2, 0) is 0 Å². The third kappa shape index (κ3) is 6.73. The van der Waals surface area contributed by atoms with Gasteiger partial charge in [0.1, 0.15) is 0 Å². The van der Waals surface area contributed by atoms with Crippen molar-refractivity contribution >= 4 is 34.8 Å². The van der Waals surface area contributed by atoms with E-state index >= 15 is 0 Å². The molecular formula is C3H3Cl3F2. The Hall–Kier alpha value is 0.730. The highest BCUT2D eigenvalue weighted by Gasteiger charge is 2.25. The van der Waals surface area contributed by atoms with Crippen LogP contribution in [0.4, 0.5) is 8.78 Å². The zero-order valence-electron chi connectivity index (χ0n) is 3.67. The highest BCUT2D eigenvalue weighted by molar-refractivity contribution is 6.47. The first-order valence-corrected chi connectivity index (χ1v) is 2.96. The van der Waals surface area contributed by atoms with Gasteiger partial charge in [-0.15, -0.1) is 0 Å². The summed E-state index contributed by atoms with van der Waals surface area (Å²) >= 11 is 14.1. The first-order valence-electron chi connectivity index (χ1n) is 1.77. The van der Waals surface area contributed by atoms with Crippen molar-refractivity contribution in [2.24, 2.45) is 0 Å². The second kappa shape index (κ2) is 3.04. The van der Waals surface area contributed by atoms with Gasteiger partial charge in [0, 0.05) is 0 Å². The lowest BCUT2D eigenvalue weighted by atomic mass is 10.5. The molecule has 0 saturated heterocycles. The molecule has 0 spiro atoms. The fourth-order valence-electron chi connectivity index (χ4n) is 0.175. The Balaban J connectivity index is 3.39. The maximum Gasteiger partial charge on any atom is 0.261 e. The molecular weight excluding hydrogens is 180 g/mol. The fraction of sp³-hybridized carbons (Fsp3) is 1.00. The normalized spacial score (nSPS) is 16.1. The molecule has 0 amide bonds. The highest BCUT2D eigenvalue weighted by Crippen LogP contribution is 2.30. The van der Waals surface area contributed by atoms with Crippen LogP contribution >= 0.6 is 34.8 Å². The largest absolute Gasteiger partial charge is 0.261 e. The summed E-state index contributed by atoms with van der Waals surface area (Å²) in [7, 11) is 0. The van der Waals surface area contributed by atoms with Crippen molar-refractivity contribution in [1.29, 1.82) is 0 Å². The minimum Gasteiger partial charge on any atom is -0.230 e. The molecule has 8 heavy (non-hydrogen) atoms. The first kappa shape index (κ1) is 8.73. The number of halogens is 5. The predicted octanol–water partition coefficient (Wildman–Crippen LogP) is 3.01. The van der Waals surface area contributed by atoms with Crippen molar-refractivity contribution in [2.45, 2.75) is 16.6 Å². The van der Waals surface area contributed by atoms with Gasteiger partial charge < -0.3 is 0 Å². The van der Waals surface area contributed by atoms with Gasteiger partial charge in [-0.05, 0) is 0 Å². The molecule has 0 saturated carbocycles. The molecule has 0 rings (SSSR count). The molecule has 0 radical (unpaired) electrons. The van der Waals surface area contributed by atoms with Gasteiger partial charge in [0.05, 0.1) is 6.42 Å². The molecule has 50 valence electrons. The average Bonchev–Trinajstić information content (AvgIpc) is 1.21. The Morgan fingerprint density at radius 3 is 1.88 bits per heavy atom. The lowest BCUT2D eigenvalue weighted by Gasteiger charge is -2.06. The molecule has 0 aromatic carbocycles. The lowest BCUT2D eigenvalue weighted by Crippen LogP contribution is -2.08. The van der Waals surface area contributed by atoms with Gasteiger partial charge in [-0.25, -0.2) is 8.78 Å². The zero-order valence-corrected chi connectivity index (χ0v) is 5.94. The maximum absolute atomic E-state index is 11.8. The number of alkyl halides is 5. The van der Waals surface area contributed by atoms with Crippen molar-refractivity contribution in [3.63, 3.8) is 0 Å². The van der Waals surface area contributed by atoms with E-state index in [0.29, 0.717) is 0 Å². The minimum atomic E-state index is -2.54. The molecule has 0 aliphatic rings. The SMILES string of the molecule is FC(Cl)CC(F)(Cl)Cl. The predicted molar refractivity (Wildman–Crippen MR) is 30.9 cm³/mol. The molecule has 0 aromatic rings. The molecule has 1 atom stereocenters. The Kier molecular flexibility index (Phi) is 3.32. The number of rotatable bonds is 2. The van der Waals surface area contributed by atoms with Crippen LogP contribution in [0, 0.1) is 0 Å². The van der Waals surface area contributed by atoms with Crippen LogP contribution in [0.15, 0.2) is 0 Å². The lowest BCUT2D eigenvalue weighted by molar-refractivity contribution is 0.303. The van der Waals surface area contributed by atoms with Crippen LogP contribution in [0.3, 0.4) is 0 Å². The van der Waals surface area contributed by atoms with Gasteiger partial charge in [-0.1, -0.05) is 34.8 Å². The molecule has 0 nitrogen and oxygen atoms in total. The fourth-order valence-corrected chi connectivity index (χ4v) is 0.816. The van der Waals surface area contributed by atoms with Gasteiger partial charge >= 0.3 is 0 Å². The van der Waals surface area contributed by atoms with E-state index < -0.39 is 16.6 Å². The summed E-state index contributed by atoms with van der Waals surface area (Å²) in [4.78, 5) is 0. The van der Waals surface area contributed by atoms with E-state index in [1.165, 1.54) is 0 Å². The maximum atomic E-state index is 11.8. The van der Waals surface area contributed by atoms with E-state index in [4.69, 9.17) is 23.2 Å². The van der Waals surface area contributed by atoms with Crippen LogP contribution in [0.5, 0.6) is 0 Å². The van der Waals surface area contributed by atoms with Gasteiger partial charge in [0.25, 0.3) is 4.59 Å². The van der Waals surface area contributed by atoms with Crippen molar-refractivity contribution < 1.29 is 8.78 Å². The van der Waals surface area contributed by atoms with Crippen LogP contribution in [0.2, 0.25) is 0 Å². The Morgan fingerprint density at radius 1 is 1.50 bits per heavy atom. The molecule has 0 aromatic heterocycles. The minimum absolute atomic E-state index is 0.711. The second-order valence-corrected chi connectivity index (χ2v) is 3.08. The van der Waals surface area contributed by atoms with Crippen LogP contribution in [-0.4, -0.2) is 10.2 Å². The second-order valence-electron chi connectivity index (χ2n) is 1.21. The molecule has 0 heterocycles. The van der Waals surface area contributed by atoms with Gasteiger partial charge in [-0.3, -0.25) is 0 Å². The number of hydrogen-bond acceptors (Lipinski definition) is 0. The molecule has 0 aliphatic carbocycles. The molecule has 0 aliphatic heterocycles. The average molecular weight is 183 g/mol. The van der Waals surface area contributed by atoms with Gasteiger partial charge in [0.15, 0.2) is 5.63 Å². The van der Waals surface area contributed by atoms with E-state index in [0.717, 1.165) is 0 Å². The van der Waals surface area contributed by atoms with E-state index in [2.05, 4.69) is 11.6 Å². The first-order chi connectivity index (χ1) is 3.42. The summed E-state index contributed by atoms with van der Waals surface area (Å²) in [6, 6.07) is 0. The van der Waals surface area contributed by atoms with Gasteiger partial charge in [0.2, 0.25) is 0 Å². The van der Waals surface area contributed by atoms with Crippen molar-refractivity contribution in [3.8, 4) is 0 Å². The summed E-state index contributed by atoms with van der Waals surface area (Å²) in [6.45, 7) is 0. The molecule has 0 fully saturated rings. The quantitative estimate of drug-likeness (QED) is 0.577. The van der Waals surface area contributed by atoms with Crippen LogP contribution in [0.25, 0.3) is 0 Å². The third-order valence-electron chi connectivity index (χ3n) is 0.386. The van der Waals surface area contributed by atoms with Crippen molar-refractivity contribution in [3.05, 3.63) is 0 Å². The van der Waals surface area contributed by atoms with Crippen LogP contribution < -0.4 is 0 Å². The van der Waals surface area contributed by atoms with E-state index in [9.17, 15) is 8.78 Å². The zero-order chi connectivity index (χ0) is 6.78. The Labute approximate surface area is 60.7 Å². The topological polar surface area (TPSA) is 0 Å². The van der Waals surface area contributed by atoms with Crippen LogP contribution in [0.1, 0.15) is 6.42 Å². The summed E-state index contributed by atoms with van der Waals surface area (Å²) in [5, 5.41) is 0. The van der Waals surface area contributed by atoms with E-state index in [1.807, 2.05) is 0 Å². The Bertz CT molecular complexity index is 67.4. The van der Waals surface area contributed by atoms with Gasteiger partial charge in [-0.2, -0.15) is 0 Å². The smallest absolute Gasteiger partial charge is 0.230 e. The van der Waals surface area contributed by atoms with E-state index in [-0.39, 0.29) is 0 Å². The van der Waals surface area contributed by atoms with Crippen molar-refractivity contribution in [1.82, 2.24) is 0 Å². The Morgan fingerprint density at radius 2 is 1.88 bits per heavy atom. The third-order valence-corrected chi connectivity index (χ3v) is 0.849. The molecule has 0 bridgehead atoms. The van der Waals surface area contributed by atoms with Crippen molar-refractivity contribution in [2.75, 3.05) is 0 Å². The molecule has 5 heteroatoms. The highest BCUT2D eigenvalue weighted by atomic mass is 35.5. The summed E-state index contributed by atoms with van der Waals surface area (Å²) in [5.41, 5.74) is -1.82. The molecule has 1 unspecified atom stereocenters. The summed E-state index contributed by atoms with van der Waals surface area (Å²) in [5.74, 6) is 0. The summed E-state index contributed by atoms with van der Waals surface area (Å²) in [6.07, 6.45) is -0.711. The monoisotopic (exact) mass is 182 g/mol.